The first-order valence-electron chi connectivity index (χ1n) is 8.22. The van der Waals surface area contributed by atoms with Gasteiger partial charge in [0.2, 0.25) is 0 Å². The molecule has 1 aromatic heterocycles. The second-order valence-electron chi connectivity index (χ2n) is 6.28. The number of carboxylic acid groups (broad SMARTS) is 1. The van der Waals surface area contributed by atoms with Crippen molar-refractivity contribution in [1.29, 1.82) is 0 Å². The molecule has 1 fully saturated rings. The van der Waals surface area contributed by atoms with Crippen molar-refractivity contribution in [3.8, 4) is 0 Å². The topological polar surface area (TPSA) is 54.7 Å². The number of piperidine rings is 1. The molecule has 0 aliphatic carbocycles. The van der Waals surface area contributed by atoms with Crippen LogP contribution in [-0.2, 0) is 11.3 Å². The van der Waals surface area contributed by atoms with Crippen LogP contribution < -0.4 is 0 Å². The van der Waals surface area contributed by atoms with E-state index in [0.29, 0.717) is 11.6 Å². The summed E-state index contributed by atoms with van der Waals surface area (Å²) in [6.45, 7) is 4.67. The van der Waals surface area contributed by atoms with Gasteiger partial charge < -0.3 is 19.3 Å². The van der Waals surface area contributed by atoms with Crippen molar-refractivity contribution < 1.29 is 14.6 Å². The van der Waals surface area contributed by atoms with Gasteiger partial charge in [-0.1, -0.05) is 18.2 Å². The maximum atomic E-state index is 11.6. The minimum absolute atomic E-state index is 0.396. The predicted molar refractivity (Wildman–Crippen MR) is 89.9 cm³/mol. The highest BCUT2D eigenvalue weighted by atomic mass is 16.5. The summed E-state index contributed by atoms with van der Waals surface area (Å²) < 4.78 is 7.12. The molecule has 2 heterocycles. The van der Waals surface area contributed by atoms with Gasteiger partial charge in [0.15, 0.2) is 0 Å². The van der Waals surface area contributed by atoms with Gasteiger partial charge in [0.05, 0.1) is 6.61 Å². The highest BCUT2D eigenvalue weighted by Gasteiger charge is 2.22. The lowest BCUT2D eigenvalue weighted by Crippen LogP contribution is -2.37. The highest BCUT2D eigenvalue weighted by molar-refractivity contribution is 5.94. The number of benzene rings is 1. The van der Waals surface area contributed by atoms with Crippen LogP contribution in [0.1, 0.15) is 23.3 Å². The summed E-state index contributed by atoms with van der Waals surface area (Å²) in [5, 5.41) is 10.5. The molecule has 0 radical (unpaired) electrons. The number of aromatic nitrogens is 1. The zero-order valence-electron chi connectivity index (χ0n) is 13.6. The molecule has 124 valence electrons. The first-order chi connectivity index (χ1) is 11.2. The summed E-state index contributed by atoms with van der Waals surface area (Å²) in [6.07, 6.45) is 2.21. The van der Waals surface area contributed by atoms with Crippen LogP contribution >= 0.6 is 0 Å². The molecule has 23 heavy (non-hydrogen) atoms. The monoisotopic (exact) mass is 316 g/mol. The van der Waals surface area contributed by atoms with Gasteiger partial charge in [0.25, 0.3) is 0 Å². The Morgan fingerprint density at radius 1 is 1.30 bits per heavy atom. The van der Waals surface area contributed by atoms with E-state index in [1.807, 2.05) is 28.8 Å². The molecule has 5 nitrogen and oxygen atoms in total. The third-order valence-electron chi connectivity index (χ3n) is 4.79. The first kappa shape index (κ1) is 16.0. The van der Waals surface area contributed by atoms with Crippen molar-refractivity contribution in [2.45, 2.75) is 19.4 Å². The maximum Gasteiger partial charge on any atom is 0.352 e. The summed E-state index contributed by atoms with van der Waals surface area (Å²) in [5.74, 6) is -0.318. The fourth-order valence-corrected chi connectivity index (χ4v) is 3.46. The number of methoxy groups -OCH3 is 1. The molecule has 1 saturated heterocycles. The molecular formula is C18H24N2O3. The number of rotatable bonds is 6. The van der Waals surface area contributed by atoms with E-state index in [4.69, 9.17) is 4.74 Å². The zero-order valence-corrected chi connectivity index (χ0v) is 13.6. The lowest BCUT2D eigenvalue weighted by molar-refractivity contribution is 0.0682. The molecule has 5 heteroatoms. The fraction of sp³-hybridized carbons (Fsp3) is 0.500. The number of carboxylic acids is 1. The summed E-state index contributed by atoms with van der Waals surface area (Å²) >= 11 is 0. The Bertz CT molecular complexity index is 672. The van der Waals surface area contributed by atoms with Gasteiger partial charge in [-0.15, -0.1) is 0 Å². The van der Waals surface area contributed by atoms with Gasteiger partial charge in [-0.25, -0.2) is 4.79 Å². The van der Waals surface area contributed by atoms with E-state index in [-0.39, 0.29) is 0 Å². The van der Waals surface area contributed by atoms with Crippen LogP contribution in [0.15, 0.2) is 30.3 Å². The van der Waals surface area contributed by atoms with Crippen molar-refractivity contribution in [2.75, 3.05) is 33.4 Å². The minimum Gasteiger partial charge on any atom is -0.477 e. The Kier molecular flexibility index (Phi) is 4.98. The van der Waals surface area contributed by atoms with Gasteiger partial charge in [0, 0.05) is 31.1 Å². The molecule has 2 aromatic rings. The number of likely N-dealkylation sites (tertiary alicyclic amines) is 1. The van der Waals surface area contributed by atoms with Crippen LogP contribution in [0, 0.1) is 5.92 Å². The fourth-order valence-electron chi connectivity index (χ4n) is 3.46. The predicted octanol–water partition coefficient (Wildman–Crippen LogP) is 2.70. The maximum absolute atomic E-state index is 11.6. The zero-order chi connectivity index (χ0) is 16.2. The summed E-state index contributed by atoms with van der Waals surface area (Å²) in [7, 11) is 1.73. The molecule has 3 rings (SSSR count). The molecule has 1 aliphatic rings. The number of carbonyl (C=O) groups is 1. The van der Waals surface area contributed by atoms with E-state index < -0.39 is 5.97 Å². The summed E-state index contributed by atoms with van der Waals surface area (Å²) in [6, 6.07) is 9.69. The van der Waals surface area contributed by atoms with Crippen LogP contribution in [0.3, 0.4) is 0 Å². The molecule has 1 aliphatic heterocycles. The van der Waals surface area contributed by atoms with Gasteiger partial charge in [0.1, 0.15) is 5.69 Å². The molecule has 0 atom stereocenters. The van der Waals surface area contributed by atoms with E-state index >= 15 is 0 Å². The van der Waals surface area contributed by atoms with Crippen LogP contribution in [0.2, 0.25) is 0 Å². The first-order valence-corrected chi connectivity index (χ1v) is 8.22. The van der Waals surface area contributed by atoms with Crippen LogP contribution in [0.25, 0.3) is 10.9 Å². The molecule has 1 N–H and O–H groups in total. The number of para-hydroxylation sites is 1. The average Bonchev–Trinajstić information content (AvgIpc) is 2.93. The van der Waals surface area contributed by atoms with E-state index in [1.54, 1.807) is 13.2 Å². The quantitative estimate of drug-likeness (QED) is 0.890. The molecule has 0 unspecified atom stereocenters. The number of aromatic carboxylic acids is 1. The van der Waals surface area contributed by atoms with Gasteiger partial charge in [-0.3, -0.25) is 0 Å². The van der Waals surface area contributed by atoms with Crippen molar-refractivity contribution in [3.63, 3.8) is 0 Å². The second kappa shape index (κ2) is 7.15. The third-order valence-corrected chi connectivity index (χ3v) is 4.79. The number of ether oxygens (including phenoxy) is 1. The number of hydrogen-bond donors (Lipinski definition) is 1. The van der Waals surface area contributed by atoms with Gasteiger partial charge in [-0.05, 0) is 44.0 Å². The second-order valence-corrected chi connectivity index (χ2v) is 6.28. The Hall–Kier alpha value is -1.85. The van der Waals surface area contributed by atoms with E-state index in [0.717, 1.165) is 56.5 Å². The SMILES string of the molecule is COCCN1CCC(Cn2c(C(=O)O)cc3ccccc32)CC1. The lowest BCUT2D eigenvalue weighted by Gasteiger charge is -2.32. The molecule has 0 bridgehead atoms. The van der Waals surface area contributed by atoms with E-state index in [2.05, 4.69) is 4.90 Å². The Labute approximate surface area is 136 Å². The van der Waals surface area contributed by atoms with E-state index in [9.17, 15) is 9.90 Å². The highest BCUT2D eigenvalue weighted by Crippen LogP contribution is 2.25. The number of fused-ring (bicyclic) bond motifs is 1. The van der Waals surface area contributed by atoms with Crippen molar-refractivity contribution in [2.24, 2.45) is 5.92 Å². The summed E-state index contributed by atoms with van der Waals surface area (Å²) in [4.78, 5) is 14.0. The molecule has 0 saturated carbocycles. The Balaban J connectivity index is 1.72. The average molecular weight is 316 g/mol. The molecule has 1 aromatic carbocycles. The molecule has 0 amide bonds. The third kappa shape index (κ3) is 3.57. The van der Waals surface area contributed by atoms with Crippen molar-refractivity contribution in [1.82, 2.24) is 9.47 Å². The number of hydrogen-bond acceptors (Lipinski definition) is 3. The standard InChI is InChI=1S/C18H24N2O3/c1-23-11-10-19-8-6-14(7-9-19)13-20-16-5-3-2-4-15(16)12-17(20)18(21)22/h2-5,12,14H,6-11,13H2,1H3,(H,21,22). The number of nitrogens with zero attached hydrogens (tertiary/aromatic N) is 2. The van der Waals surface area contributed by atoms with Crippen LogP contribution in [0.4, 0.5) is 0 Å². The van der Waals surface area contributed by atoms with Crippen LogP contribution in [0.5, 0.6) is 0 Å². The molecule has 0 spiro atoms. The Morgan fingerprint density at radius 2 is 2.04 bits per heavy atom. The normalized spacial score (nSPS) is 16.9. The van der Waals surface area contributed by atoms with Crippen LogP contribution in [-0.4, -0.2) is 53.9 Å². The van der Waals surface area contributed by atoms with Gasteiger partial charge in [-0.2, -0.15) is 0 Å². The van der Waals surface area contributed by atoms with Crippen molar-refractivity contribution >= 4 is 16.9 Å². The largest absolute Gasteiger partial charge is 0.477 e. The smallest absolute Gasteiger partial charge is 0.352 e. The Morgan fingerprint density at radius 3 is 2.74 bits per heavy atom. The van der Waals surface area contributed by atoms with E-state index in [1.165, 1.54) is 0 Å². The summed E-state index contributed by atoms with van der Waals surface area (Å²) in [5.41, 5.74) is 1.42. The van der Waals surface area contributed by atoms with Gasteiger partial charge >= 0.3 is 5.97 Å². The lowest BCUT2D eigenvalue weighted by atomic mass is 9.96. The minimum atomic E-state index is -0.848. The molecular weight excluding hydrogens is 292 g/mol. The van der Waals surface area contributed by atoms with Crippen molar-refractivity contribution in [3.05, 3.63) is 36.0 Å².